The molecule has 1 nitrogen and oxygen atoms in total. The van der Waals surface area contributed by atoms with Gasteiger partial charge in [-0.3, -0.25) is 0 Å². The Morgan fingerprint density at radius 1 is 1.25 bits per heavy atom. The molecular weight excluding hydrogens is 214 g/mol. The molecule has 1 aromatic rings. The Labute approximate surface area is 104 Å². The molecule has 16 heavy (non-hydrogen) atoms. The fourth-order valence-corrected chi connectivity index (χ4v) is 1.87. The van der Waals surface area contributed by atoms with Crippen LogP contribution in [0, 0.1) is 0 Å². The quantitative estimate of drug-likeness (QED) is 0.708. The van der Waals surface area contributed by atoms with Gasteiger partial charge in [-0.1, -0.05) is 58.1 Å². The van der Waals surface area contributed by atoms with Gasteiger partial charge in [0.1, 0.15) is 0 Å². The summed E-state index contributed by atoms with van der Waals surface area (Å²) in [4.78, 5) is 3.10. The highest BCUT2D eigenvalue weighted by Gasteiger charge is 2.20. The molecular formula is C14H21NS. The van der Waals surface area contributed by atoms with E-state index in [1.54, 1.807) is 0 Å². The average molecular weight is 235 g/mol. The van der Waals surface area contributed by atoms with Crippen molar-refractivity contribution < 1.29 is 0 Å². The fourth-order valence-electron chi connectivity index (χ4n) is 1.77. The van der Waals surface area contributed by atoms with Crippen molar-refractivity contribution in [3.05, 3.63) is 29.8 Å². The van der Waals surface area contributed by atoms with E-state index >= 15 is 0 Å². The second-order valence-electron chi connectivity index (χ2n) is 5.07. The van der Waals surface area contributed by atoms with Gasteiger partial charge in [0.05, 0.1) is 4.99 Å². The molecule has 0 heterocycles. The first-order valence-corrected chi connectivity index (χ1v) is 6.14. The molecule has 0 aliphatic heterocycles. The lowest BCUT2D eigenvalue weighted by Gasteiger charge is -2.28. The Morgan fingerprint density at radius 3 is 2.31 bits per heavy atom. The summed E-state index contributed by atoms with van der Waals surface area (Å²) in [6.45, 7) is 8.79. The van der Waals surface area contributed by atoms with Crippen LogP contribution in [-0.2, 0) is 5.41 Å². The van der Waals surface area contributed by atoms with Crippen LogP contribution in [-0.4, -0.2) is 12.0 Å². The summed E-state index contributed by atoms with van der Waals surface area (Å²) >= 11 is 5.37. The van der Waals surface area contributed by atoms with E-state index in [0.29, 0.717) is 0 Å². The largest absolute Gasteiger partial charge is 0.339 e. The molecule has 88 valence electrons. The first-order chi connectivity index (χ1) is 7.38. The van der Waals surface area contributed by atoms with Crippen molar-refractivity contribution in [2.45, 2.75) is 39.5 Å². The Hall–Kier alpha value is -0.890. The Morgan fingerprint density at radius 2 is 1.81 bits per heavy atom. The molecule has 1 rings (SSSR count). The number of para-hydroxylation sites is 1. The van der Waals surface area contributed by atoms with E-state index in [0.717, 1.165) is 11.4 Å². The van der Waals surface area contributed by atoms with Gasteiger partial charge in [0.2, 0.25) is 0 Å². The minimum absolute atomic E-state index is 0.147. The lowest BCUT2D eigenvalue weighted by atomic mass is 9.85. The van der Waals surface area contributed by atoms with Crippen molar-refractivity contribution in [1.29, 1.82) is 0 Å². The van der Waals surface area contributed by atoms with E-state index in [2.05, 4.69) is 63.9 Å². The second-order valence-corrected chi connectivity index (χ2v) is 5.54. The minimum atomic E-state index is 0.147. The van der Waals surface area contributed by atoms with Gasteiger partial charge in [0.25, 0.3) is 0 Å². The van der Waals surface area contributed by atoms with Crippen LogP contribution in [0.25, 0.3) is 0 Å². The maximum absolute atomic E-state index is 5.37. The SMILES string of the molecule is CCC(=S)N(C)c1ccccc1C(C)(C)C. The van der Waals surface area contributed by atoms with Gasteiger partial charge in [-0.2, -0.15) is 0 Å². The summed E-state index contributed by atoms with van der Waals surface area (Å²) in [5.41, 5.74) is 2.71. The summed E-state index contributed by atoms with van der Waals surface area (Å²) in [6, 6.07) is 8.49. The second kappa shape index (κ2) is 4.96. The molecule has 2 heteroatoms. The first-order valence-electron chi connectivity index (χ1n) is 5.74. The molecule has 0 aromatic heterocycles. The maximum atomic E-state index is 5.37. The Bertz CT molecular complexity index is 377. The third-order valence-electron chi connectivity index (χ3n) is 2.75. The van der Waals surface area contributed by atoms with E-state index < -0.39 is 0 Å². The van der Waals surface area contributed by atoms with Crippen LogP contribution in [0.2, 0.25) is 0 Å². The number of thiocarbonyl (C=S) groups is 1. The van der Waals surface area contributed by atoms with E-state index in [9.17, 15) is 0 Å². The molecule has 0 N–H and O–H groups in total. The molecule has 0 saturated heterocycles. The van der Waals surface area contributed by atoms with E-state index in [1.165, 1.54) is 11.3 Å². The Balaban J connectivity index is 3.19. The van der Waals surface area contributed by atoms with Gasteiger partial charge in [-0.05, 0) is 23.5 Å². The maximum Gasteiger partial charge on any atom is 0.0818 e. The predicted octanol–water partition coefficient (Wildman–Crippen LogP) is 4.16. The normalized spacial score (nSPS) is 11.3. The summed E-state index contributed by atoms with van der Waals surface area (Å²) in [7, 11) is 2.05. The molecule has 0 saturated carbocycles. The highest BCUT2D eigenvalue weighted by Crippen LogP contribution is 2.31. The van der Waals surface area contributed by atoms with Crippen LogP contribution in [0.5, 0.6) is 0 Å². The monoisotopic (exact) mass is 235 g/mol. The predicted molar refractivity (Wildman–Crippen MR) is 76.4 cm³/mol. The van der Waals surface area contributed by atoms with E-state index in [-0.39, 0.29) is 5.41 Å². The van der Waals surface area contributed by atoms with E-state index in [1.807, 2.05) is 0 Å². The number of benzene rings is 1. The molecule has 0 radical (unpaired) electrons. The zero-order valence-corrected chi connectivity index (χ0v) is 11.7. The lowest BCUT2D eigenvalue weighted by molar-refractivity contribution is 0.591. The molecule has 1 aromatic carbocycles. The summed E-state index contributed by atoms with van der Waals surface area (Å²) in [5, 5.41) is 0. The summed E-state index contributed by atoms with van der Waals surface area (Å²) in [6.07, 6.45) is 0.907. The topological polar surface area (TPSA) is 3.24 Å². The molecule has 0 fully saturated rings. The number of rotatable bonds is 2. The van der Waals surface area contributed by atoms with Crippen molar-refractivity contribution in [1.82, 2.24) is 0 Å². The van der Waals surface area contributed by atoms with E-state index in [4.69, 9.17) is 12.2 Å². The summed E-state index contributed by atoms with van der Waals surface area (Å²) in [5.74, 6) is 0. The zero-order chi connectivity index (χ0) is 12.3. The first kappa shape index (κ1) is 13.2. The van der Waals surface area contributed by atoms with Gasteiger partial charge in [0, 0.05) is 12.7 Å². The highest BCUT2D eigenvalue weighted by atomic mass is 32.1. The van der Waals surface area contributed by atoms with Crippen LogP contribution in [0.3, 0.4) is 0 Å². The fraction of sp³-hybridized carbons (Fsp3) is 0.500. The zero-order valence-electron chi connectivity index (χ0n) is 10.9. The van der Waals surface area contributed by atoms with Crippen LogP contribution < -0.4 is 4.90 Å². The van der Waals surface area contributed by atoms with Crippen LogP contribution in [0.4, 0.5) is 5.69 Å². The van der Waals surface area contributed by atoms with Crippen molar-refractivity contribution in [2.24, 2.45) is 0 Å². The smallest absolute Gasteiger partial charge is 0.0818 e. The number of hydrogen-bond acceptors (Lipinski definition) is 1. The molecule has 0 amide bonds. The number of anilines is 1. The van der Waals surface area contributed by atoms with Gasteiger partial charge in [-0.15, -0.1) is 0 Å². The van der Waals surface area contributed by atoms with Gasteiger partial charge >= 0.3 is 0 Å². The van der Waals surface area contributed by atoms with Crippen LogP contribution >= 0.6 is 12.2 Å². The standard InChI is InChI=1S/C14H21NS/c1-6-13(16)15(5)12-10-8-7-9-11(12)14(2,3)4/h7-10H,6H2,1-5H3. The lowest BCUT2D eigenvalue weighted by Crippen LogP contribution is -2.27. The van der Waals surface area contributed by atoms with Crippen molar-refractivity contribution >= 4 is 22.9 Å². The highest BCUT2D eigenvalue weighted by molar-refractivity contribution is 7.80. The van der Waals surface area contributed by atoms with Gasteiger partial charge in [0.15, 0.2) is 0 Å². The Kier molecular flexibility index (Phi) is 4.09. The summed E-state index contributed by atoms with van der Waals surface area (Å²) < 4.78 is 0. The minimum Gasteiger partial charge on any atom is -0.339 e. The molecule has 0 atom stereocenters. The molecule has 0 aliphatic carbocycles. The van der Waals surface area contributed by atoms with Crippen LogP contribution in [0.15, 0.2) is 24.3 Å². The van der Waals surface area contributed by atoms with Crippen molar-refractivity contribution in [3.8, 4) is 0 Å². The van der Waals surface area contributed by atoms with Crippen molar-refractivity contribution in [2.75, 3.05) is 11.9 Å². The molecule has 0 unspecified atom stereocenters. The molecule has 0 bridgehead atoms. The number of hydrogen-bond donors (Lipinski definition) is 0. The number of nitrogens with zero attached hydrogens (tertiary/aromatic N) is 1. The third kappa shape index (κ3) is 2.82. The van der Waals surface area contributed by atoms with Gasteiger partial charge in [-0.25, -0.2) is 0 Å². The molecule has 0 spiro atoms. The van der Waals surface area contributed by atoms with Gasteiger partial charge < -0.3 is 4.90 Å². The van der Waals surface area contributed by atoms with Crippen molar-refractivity contribution in [3.63, 3.8) is 0 Å². The van der Waals surface area contributed by atoms with Crippen LogP contribution in [0.1, 0.15) is 39.7 Å². The molecule has 0 aliphatic rings. The average Bonchev–Trinajstić information content (AvgIpc) is 2.26. The third-order valence-corrected chi connectivity index (χ3v) is 3.31.